The molecule has 15 aromatic rings. The number of hydrazine groups is 4. The molecule has 141 heavy (non-hydrogen) atoms. The van der Waals surface area contributed by atoms with Gasteiger partial charge in [-0.1, -0.05) is 181 Å². The number of nitrogens with two attached hydrogens (primary N) is 1. The number of benzene rings is 7. The van der Waals surface area contributed by atoms with E-state index in [0.29, 0.717) is 98.2 Å². The number of alkyl halides is 3. The highest BCUT2D eigenvalue weighted by Gasteiger charge is 2.25. The van der Waals surface area contributed by atoms with Gasteiger partial charge in [0, 0.05) is 74.1 Å². The van der Waals surface area contributed by atoms with Crippen LogP contribution in [0.5, 0.6) is 0 Å². The van der Waals surface area contributed by atoms with Crippen LogP contribution in [0.2, 0.25) is 0 Å². The molecule has 13 N–H and O–H groups in total. The summed E-state index contributed by atoms with van der Waals surface area (Å²) in [4.78, 5) is 118. The number of carbonyl (C=O) groups excluding carboxylic acids is 8. The first-order valence-electron chi connectivity index (χ1n) is 41.3. The Bertz CT molecular complexity index is 6840. The summed E-state index contributed by atoms with van der Waals surface area (Å²) < 4.78 is 61.0. The molecule has 0 aliphatic heterocycles. The lowest BCUT2D eigenvalue weighted by molar-refractivity contribution is -0.604. The minimum atomic E-state index is -0.820. The van der Waals surface area contributed by atoms with Crippen LogP contribution in [0.1, 0.15) is 118 Å². The van der Waals surface area contributed by atoms with E-state index >= 15 is 0 Å². The van der Waals surface area contributed by atoms with Crippen molar-refractivity contribution in [1.29, 1.82) is 0 Å². The average Bonchev–Trinajstić information content (AvgIpc) is 0.742. The molecule has 0 atom stereocenters. The molecule has 0 aliphatic carbocycles. The number of esters is 1. The zero-order valence-electron chi connectivity index (χ0n) is 77.0. The van der Waals surface area contributed by atoms with E-state index < -0.39 is 63.0 Å². The first kappa shape index (κ1) is 115. The molecular formula is C98H94BBr2Cl4F3N16O17. The largest absolute Gasteiger partial charge is 0.619 e. The van der Waals surface area contributed by atoms with Crippen molar-refractivity contribution in [2.45, 2.75) is 97.3 Å². The van der Waals surface area contributed by atoms with Gasteiger partial charge in [0.1, 0.15) is 42.1 Å². The van der Waals surface area contributed by atoms with Crippen LogP contribution >= 0.6 is 79.1 Å². The summed E-state index contributed by atoms with van der Waals surface area (Å²) in [7, 11) is 5.26. The molecule has 734 valence electrons. The minimum Gasteiger partial charge on any atom is -0.619 e. The normalized spacial score (nSPS) is 10.5. The monoisotopic (exact) mass is 2130 g/mol. The van der Waals surface area contributed by atoms with E-state index in [2.05, 4.69) is 99.5 Å². The van der Waals surface area contributed by atoms with E-state index in [0.717, 1.165) is 53.5 Å². The van der Waals surface area contributed by atoms with Gasteiger partial charge in [-0.15, -0.1) is 12.4 Å². The summed E-state index contributed by atoms with van der Waals surface area (Å²) in [6, 6.07) is 60.8. The number of nitrogens with zero attached hydrogens (tertiary/aromatic N) is 8. The summed E-state index contributed by atoms with van der Waals surface area (Å²) >= 11 is 21.2. The van der Waals surface area contributed by atoms with Gasteiger partial charge in [0.2, 0.25) is 0 Å². The molecule has 0 saturated heterocycles. The fourth-order valence-corrected chi connectivity index (χ4v) is 12.8. The number of aromatic nitrogens is 8. The van der Waals surface area contributed by atoms with Crippen molar-refractivity contribution in [3.8, 4) is 67.3 Å². The van der Waals surface area contributed by atoms with Crippen molar-refractivity contribution in [3.05, 3.63) is 332 Å². The van der Waals surface area contributed by atoms with Gasteiger partial charge < -0.3 is 45.5 Å². The Morgan fingerprint density at radius 2 is 0.652 bits per heavy atom. The molecule has 0 aliphatic rings. The lowest BCUT2D eigenvalue weighted by atomic mass is 9.97. The Hall–Kier alpha value is -14.8. The fraction of sp³-hybridized carbons (Fsp3) is 0.163. The number of nitrogen functional groups attached to an aromatic ring is 1. The highest BCUT2D eigenvalue weighted by molar-refractivity contribution is 9.10. The molecule has 15 rings (SSSR count). The number of hydrogen-bond acceptors (Lipinski definition) is 21. The van der Waals surface area contributed by atoms with Gasteiger partial charge in [0.05, 0.1) is 89.9 Å². The molecule has 8 heterocycles. The molecule has 0 bridgehead atoms. The maximum absolute atomic E-state index is 13.2. The number of rotatable bonds is 11. The highest BCUT2D eigenvalue weighted by Crippen LogP contribution is 2.33. The number of hydrogen-bond donors (Lipinski definition) is 8. The predicted molar refractivity (Wildman–Crippen MR) is 542 cm³/mol. The Labute approximate surface area is 845 Å². The number of carbonyl (C=O) groups is 8. The number of nitrogens with one attached hydrogen (secondary N) is 7. The molecule has 2 radical (unpaired) electrons. The van der Waals surface area contributed by atoms with Gasteiger partial charge in [-0.05, 0) is 182 Å². The highest BCUT2D eigenvalue weighted by atomic mass is 79.9. The molecule has 0 unspecified atom stereocenters. The number of amides is 7. The van der Waals surface area contributed by atoms with Gasteiger partial charge in [0.25, 0.3) is 23.6 Å². The third-order valence-corrected chi connectivity index (χ3v) is 19.2. The first-order valence-corrected chi connectivity index (χ1v) is 44.2. The smallest absolute Gasteiger partial charge is 0.426 e. The molecule has 0 saturated carbocycles. The van der Waals surface area contributed by atoms with E-state index in [1.807, 2.05) is 97.1 Å². The van der Waals surface area contributed by atoms with Gasteiger partial charge in [-0.3, -0.25) is 50.7 Å². The van der Waals surface area contributed by atoms with Crippen LogP contribution in [0, 0.1) is 33.1 Å². The molecule has 0 fully saturated rings. The maximum atomic E-state index is 13.2. The Morgan fingerprint density at radius 3 is 0.908 bits per heavy atom. The van der Waals surface area contributed by atoms with E-state index in [9.17, 15) is 67.1 Å². The number of ether oxygens (including phenoxy) is 4. The molecule has 7 aromatic carbocycles. The van der Waals surface area contributed by atoms with Crippen LogP contribution in [0.25, 0.3) is 111 Å². The zero-order valence-corrected chi connectivity index (χ0v) is 83.2. The predicted octanol–water partition coefficient (Wildman–Crippen LogP) is 17.1. The molecule has 43 heteroatoms. The van der Waals surface area contributed by atoms with E-state index in [4.69, 9.17) is 62.7 Å². The Kier molecular flexibility index (Phi) is 43.5. The van der Waals surface area contributed by atoms with E-state index in [1.54, 1.807) is 142 Å². The van der Waals surface area contributed by atoms with Gasteiger partial charge in [-0.25, -0.2) is 69.6 Å². The molecule has 7 amide bonds. The van der Waals surface area contributed by atoms with Gasteiger partial charge >= 0.3 is 24.2 Å². The van der Waals surface area contributed by atoms with Crippen molar-refractivity contribution in [2.24, 2.45) is 5.84 Å². The SMILES string of the molecule is CC(C)(C)OC(=O)NNC(=O)c1cc(-c2ccc(-c3ccc(F)cc3)cc2)nc2cc[n+]([O-])cc12.CC(C)(C)OC(=O)NNC(=O)c1cc(-c2ccc(Br)cc2)nc2cc[n+]([O-])cc12.CC(C)(C)OC(=O)NNC(=O)c1cc(-c2ccc(Br)cc2)nc2ccncc12.CCOC(C)=O.Cl.ClC(Cl)Cl.NNC(=O)c1cc(-c2ccc(-c3ccc(F)cc3)cc2)nc2cc[n+]([O-])cc12.O.O.[B]c1ccc(F)cc1. The second kappa shape index (κ2) is 53.4. The third kappa shape index (κ3) is 36.5. The quantitative estimate of drug-likeness (QED) is 0.00686. The molecular weight excluding hydrogens is 2040 g/mol. The van der Waals surface area contributed by atoms with Crippen LogP contribution in [-0.2, 0) is 23.7 Å². The number of fused-ring (bicyclic) bond motifs is 4. The molecule has 0 spiro atoms. The van der Waals surface area contributed by atoms with Crippen molar-refractivity contribution in [1.82, 2.24) is 62.9 Å². The zero-order chi connectivity index (χ0) is 101. The Balaban J connectivity index is 0.000000270. The summed E-state index contributed by atoms with van der Waals surface area (Å²) in [5, 5.41) is 36.9. The summed E-state index contributed by atoms with van der Waals surface area (Å²) in [5.41, 5.74) is 26.2. The van der Waals surface area contributed by atoms with E-state index in [-0.39, 0.29) is 63.5 Å². The van der Waals surface area contributed by atoms with Gasteiger partial charge in [0.15, 0.2) is 41.5 Å². The first-order chi connectivity index (χ1) is 65.3. The number of pyridine rings is 8. The Morgan fingerprint density at radius 1 is 0.404 bits per heavy atom. The number of halogens is 9. The van der Waals surface area contributed by atoms with Crippen molar-refractivity contribution in [2.75, 3.05) is 6.61 Å². The molecule has 33 nitrogen and oxygen atoms in total. The van der Waals surface area contributed by atoms with Crippen LogP contribution in [0.15, 0.2) is 277 Å². The fourth-order valence-electron chi connectivity index (χ4n) is 12.2. The third-order valence-electron chi connectivity index (χ3n) is 18.1. The summed E-state index contributed by atoms with van der Waals surface area (Å²) in [6.07, 6.45) is 8.52. The van der Waals surface area contributed by atoms with Crippen LogP contribution in [0.4, 0.5) is 27.6 Å². The van der Waals surface area contributed by atoms with Crippen LogP contribution in [0.3, 0.4) is 0 Å². The summed E-state index contributed by atoms with van der Waals surface area (Å²) in [5.74, 6) is 1.98. The second-order valence-electron chi connectivity index (χ2n) is 32.0. The summed E-state index contributed by atoms with van der Waals surface area (Å²) in [6.45, 7) is 19.1. The van der Waals surface area contributed by atoms with Crippen molar-refractivity contribution < 1.29 is 95.6 Å². The van der Waals surface area contributed by atoms with Crippen molar-refractivity contribution >= 4 is 184 Å². The lowest BCUT2D eigenvalue weighted by Crippen LogP contribution is -2.44. The van der Waals surface area contributed by atoms with Crippen molar-refractivity contribution in [3.63, 3.8) is 0 Å². The standard InChI is InChI=1S/C26H23FN4O4.C21H15FN4O2.C20H19BrN4O4.C20H19BrN4O3.C6H4BF.C4H8O2.CHCl3.ClH.2H2O/c1-26(2,3)35-25(33)30-29-24(32)20-14-23(28-22-12-13-31(34)15-21(20)22)18-6-4-16(5-7-18)17-8-10-19(27)11-9-17;22-16-7-5-14(6-8-16)13-1-3-15(4-2-13)20-11-17(21(27)25-23)18-12-26(28)10-9-19(18)24-20;1-20(2,3)29-19(27)24-23-18(26)14-10-17(12-4-6-13(21)7-5-12)22-16-8-9-25(28)11-15(14)16;1-20(2,3)28-19(27)25-24-18(26)14-10-17(12-4-6-13(21)7-5-12)23-16-8-9-22-11-15(14)16;7-5-1-3-6(8)4-2-5;1-3-6-4(2)5;2-1(3)4;;;/h4-15H,1-3H3,(H,29,32)(H,30,33);1-12H,23H2,(H,25,27);4-11H,1-3H3,(H,23,26)(H,24,27);4-11H,1-3H3,(H,24,26)(H,25,27);1-4H;3H2,1-2H3;1H;1H;2*1H2. The topological polar surface area (TPSA) is 492 Å². The van der Waals surface area contributed by atoms with Gasteiger partial charge in [-0.2, -0.15) is 14.2 Å². The minimum absolute atomic E-state index is 0. The molecule has 8 aromatic heterocycles. The van der Waals surface area contributed by atoms with E-state index in [1.165, 1.54) is 105 Å². The average molecular weight is 2140 g/mol. The maximum Gasteiger partial charge on any atom is 0.426 e. The van der Waals surface area contributed by atoms with Crippen LogP contribution < -0.4 is 63.5 Å². The van der Waals surface area contributed by atoms with Crippen LogP contribution in [-0.4, -0.2) is 119 Å². The lowest BCUT2D eigenvalue weighted by Gasteiger charge is -2.20. The second-order valence-corrected chi connectivity index (χ2v) is 35.9.